The molecule has 0 rings (SSSR count). The van der Waals surface area contributed by atoms with Crippen molar-refractivity contribution >= 4 is 15.9 Å². The van der Waals surface area contributed by atoms with Gasteiger partial charge in [-0.2, -0.15) is 0 Å². The molecule has 0 saturated carbocycles. The zero-order chi connectivity index (χ0) is 14.2. The van der Waals surface area contributed by atoms with Gasteiger partial charge in [0.15, 0.2) is 0 Å². The summed E-state index contributed by atoms with van der Waals surface area (Å²) in [6.45, 7) is 7.89. The first-order valence-electron chi connectivity index (χ1n) is 6.15. The Morgan fingerprint density at radius 3 is 2.50 bits per heavy atom. The van der Waals surface area contributed by atoms with Crippen molar-refractivity contribution in [2.24, 2.45) is 5.92 Å². The number of hydrogen-bond acceptors (Lipinski definition) is 3. The van der Waals surface area contributed by atoms with Crippen LogP contribution >= 0.6 is 0 Å². The van der Waals surface area contributed by atoms with Gasteiger partial charge in [0.05, 0.1) is 6.26 Å². The van der Waals surface area contributed by atoms with Crippen molar-refractivity contribution in [1.29, 1.82) is 0 Å². The van der Waals surface area contributed by atoms with Crippen molar-refractivity contribution in [3.8, 4) is 0 Å². The van der Waals surface area contributed by atoms with Gasteiger partial charge in [-0.25, -0.2) is 8.42 Å². The first-order valence-corrected chi connectivity index (χ1v) is 8.00. The van der Waals surface area contributed by atoms with Crippen LogP contribution in [0.5, 0.6) is 0 Å². The molecule has 0 spiro atoms. The molecule has 0 unspecified atom stereocenters. The van der Waals surface area contributed by atoms with Crippen molar-refractivity contribution in [3.63, 3.8) is 0 Å². The van der Waals surface area contributed by atoms with E-state index in [-0.39, 0.29) is 12.5 Å². The van der Waals surface area contributed by atoms with Gasteiger partial charge in [0.25, 0.3) is 0 Å². The molecule has 0 heterocycles. The minimum Gasteiger partial charge on any atom is -0.275 e. The number of sulfonamides is 1. The first kappa shape index (κ1) is 17.1. The number of rotatable bonds is 9. The van der Waals surface area contributed by atoms with Crippen LogP contribution < -0.4 is 5.43 Å². The third kappa shape index (κ3) is 8.25. The van der Waals surface area contributed by atoms with Crippen molar-refractivity contribution in [2.75, 3.05) is 12.8 Å². The number of unbranched alkanes of at least 4 members (excludes halogenated alkanes) is 1. The Bertz CT molecular complexity index is 364. The monoisotopic (exact) mass is 276 g/mol. The van der Waals surface area contributed by atoms with Crippen LogP contribution in [0.15, 0.2) is 12.7 Å². The summed E-state index contributed by atoms with van der Waals surface area (Å²) in [6, 6.07) is 0. The molecule has 5 nitrogen and oxygen atoms in total. The SMILES string of the molecule is C=CCCCN(NC(=O)CCC(C)C)S(C)(=O)=O. The van der Waals surface area contributed by atoms with E-state index in [4.69, 9.17) is 0 Å². The number of amides is 1. The van der Waals surface area contributed by atoms with Gasteiger partial charge in [-0.05, 0) is 25.2 Å². The number of hydrogen-bond donors (Lipinski definition) is 1. The van der Waals surface area contributed by atoms with Crippen LogP contribution in [-0.2, 0) is 14.8 Å². The summed E-state index contributed by atoms with van der Waals surface area (Å²) in [5.41, 5.74) is 2.44. The van der Waals surface area contributed by atoms with Crippen LogP contribution in [0.1, 0.15) is 39.5 Å². The molecule has 0 atom stereocenters. The molecule has 6 heteroatoms. The van der Waals surface area contributed by atoms with Gasteiger partial charge in [-0.15, -0.1) is 11.0 Å². The molecule has 1 amide bonds. The summed E-state index contributed by atoms with van der Waals surface area (Å²) in [4.78, 5) is 11.6. The molecule has 0 radical (unpaired) electrons. The van der Waals surface area contributed by atoms with E-state index in [0.29, 0.717) is 25.2 Å². The molecule has 0 aliphatic heterocycles. The average Bonchev–Trinajstić information content (AvgIpc) is 2.24. The largest absolute Gasteiger partial charge is 0.275 e. The predicted molar refractivity (Wildman–Crippen MR) is 73.2 cm³/mol. The fourth-order valence-electron chi connectivity index (χ4n) is 1.30. The third-order valence-electron chi connectivity index (χ3n) is 2.37. The lowest BCUT2D eigenvalue weighted by atomic mass is 10.1. The molecule has 0 fully saturated rings. The second-order valence-electron chi connectivity index (χ2n) is 4.73. The fourth-order valence-corrected chi connectivity index (χ4v) is 2.03. The second-order valence-corrected chi connectivity index (χ2v) is 6.64. The molecule has 0 saturated heterocycles. The first-order chi connectivity index (χ1) is 8.27. The molecule has 0 bridgehead atoms. The van der Waals surface area contributed by atoms with Gasteiger partial charge in [0.2, 0.25) is 15.9 Å². The Morgan fingerprint density at radius 2 is 2.06 bits per heavy atom. The maximum atomic E-state index is 11.6. The normalized spacial score (nSPS) is 11.8. The Balaban J connectivity index is 4.32. The zero-order valence-electron chi connectivity index (χ0n) is 11.5. The van der Waals surface area contributed by atoms with Crippen molar-refractivity contribution in [2.45, 2.75) is 39.5 Å². The Hall–Kier alpha value is -0.880. The minimum atomic E-state index is -3.41. The number of carbonyl (C=O) groups is 1. The highest BCUT2D eigenvalue weighted by Gasteiger charge is 2.18. The van der Waals surface area contributed by atoms with Gasteiger partial charge in [0, 0.05) is 13.0 Å². The Labute approximate surface area is 110 Å². The summed E-state index contributed by atoms with van der Waals surface area (Å²) < 4.78 is 24.0. The minimum absolute atomic E-state index is 0.257. The van der Waals surface area contributed by atoms with Crippen LogP contribution in [0.3, 0.4) is 0 Å². The Kier molecular flexibility index (Phi) is 7.86. The molecule has 0 aromatic carbocycles. The molecule has 0 aromatic rings. The highest BCUT2D eigenvalue weighted by Crippen LogP contribution is 2.04. The molecular weight excluding hydrogens is 252 g/mol. The van der Waals surface area contributed by atoms with Crippen LogP contribution in [0, 0.1) is 5.92 Å². The summed E-state index contributed by atoms with van der Waals surface area (Å²) >= 11 is 0. The Morgan fingerprint density at radius 1 is 1.44 bits per heavy atom. The van der Waals surface area contributed by atoms with E-state index in [2.05, 4.69) is 12.0 Å². The number of allylic oxidation sites excluding steroid dienone is 1. The smallest absolute Gasteiger partial charge is 0.235 e. The molecular formula is C12H24N2O3S. The molecule has 1 N–H and O–H groups in total. The van der Waals surface area contributed by atoms with E-state index in [1.165, 1.54) is 0 Å². The highest BCUT2D eigenvalue weighted by atomic mass is 32.2. The lowest BCUT2D eigenvalue weighted by Crippen LogP contribution is -2.46. The van der Waals surface area contributed by atoms with Crippen LogP contribution in [0.2, 0.25) is 0 Å². The summed E-state index contributed by atoms with van der Waals surface area (Å²) in [7, 11) is -3.41. The molecule has 0 aliphatic carbocycles. The summed E-state index contributed by atoms with van der Waals surface area (Å²) in [5.74, 6) is 0.163. The number of hydrazine groups is 1. The van der Waals surface area contributed by atoms with Crippen molar-refractivity contribution < 1.29 is 13.2 Å². The van der Waals surface area contributed by atoms with E-state index in [9.17, 15) is 13.2 Å². The number of carbonyl (C=O) groups excluding carboxylic acids is 1. The number of nitrogens with zero attached hydrogens (tertiary/aromatic N) is 1. The topological polar surface area (TPSA) is 66.5 Å². The van der Waals surface area contributed by atoms with Crippen LogP contribution in [0.25, 0.3) is 0 Å². The maximum absolute atomic E-state index is 11.6. The summed E-state index contributed by atoms with van der Waals surface area (Å²) in [6.07, 6.45) is 5.25. The van der Waals surface area contributed by atoms with Gasteiger partial charge < -0.3 is 0 Å². The van der Waals surface area contributed by atoms with Gasteiger partial charge in [0.1, 0.15) is 0 Å². The second kappa shape index (κ2) is 8.26. The molecule has 18 heavy (non-hydrogen) atoms. The van der Waals surface area contributed by atoms with Crippen molar-refractivity contribution in [1.82, 2.24) is 9.84 Å². The highest BCUT2D eigenvalue weighted by molar-refractivity contribution is 7.88. The number of nitrogens with one attached hydrogen (secondary N) is 1. The standard InChI is InChI=1S/C12H24N2O3S/c1-5-6-7-10-14(18(4,16)17)13-12(15)9-8-11(2)3/h5,11H,1,6-10H2,2-4H3,(H,13,15). The predicted octanol–water partition coefficient (Wildman–Crippen LogP) is 1.68. The lowest BCUT2D eigenvalue weighted by Gasteiger charge is -2.20. The van der Waals surface area contributed by atoms with E-state index in [1.54, 1.807) is 6.08 Å². The van der Waals surface area contributed by atoms with Gasteiger partial charge in [-0.1, -0.05) is 19.9 Å². The summed E-state index contributed by atoms with van der Waals surface area (Å²) in [5, 5.41) is 0. The average molecular weight is 276 g/mol. The van der Waals surface area contributed by atoms with Crippen LogP contribution in [-0.4, -0.2) is 31.5 Å². The molecule has 0 aromatic heterocycles. The quantitative estimate of drug-likeness (QED) is 0.396. The van der Waals surface area contributed by atoms with Gasteiger partial charge in [-0.3, -0.25) is 10.2 Å². The molecule has 106 valence electrons. The molecule has 0 aliphatic rings. The fraction of sp³-hybridized carbons (Fsp3) is 0.750. The van der Waals surface area contributed by atoms with E-state index < -0.39 is 10.0 Å². The zero-order valence-corrected chi connectivity index (χ0v) is 12.3. The van der Waals surface area contributed by atoms with E-state index >= 15 is 0 Å². The lowest BCUT2D eigenvalue weighted by molar-refractivity contribution is -0.124. The van der Waals surface area contributed by atoms with Crippen molar-refractivity contribution in [3.05, 3.63) is 12.7 Å². The maximum Gasteiger partial charge on any atom is 0.235 e. The van der Waals surface area contributed by atoms with Gasteiger partial charge >= 0.3 is 0 Å². The van der Waals surface area contributed by atoms with Crippen LogP contribution in [0.4, 0.5) is 0 Å². The van der Waals surface area contributed by atoms with E-state index in [1.807, 2.05) is 13.8 Å². The third-order valence-corrected chi connectivity index (χ3v) is 3.44. The van der Waals surface area contributed by atoms with E-state index in [0.717, 1.165) is 17.1 Å².